The Labute approximate surface area is 166 Å². The molecule has 0 radical (unpaired) electrons. The van der Waals surface area contributed by atoms with E-state index in [-0.39, 0.29) is 18.3 Å². The second-order valence-electron chi connectivity index (χ2n) is 6.90. The molecule has 3 rings (SSSR count). The average Bonchev–Trinajstić information content (AvgIpc) is 2.99. The molecule has 0 bridgehead atoms. The lowest BCUT2D eigenvalue weighted by atomic mass is 10.0. The van der Waals surface area contributed by atoms with Crippen molar-refractivity contribution in [3.8, 4) is 5.75 Å². The van der Waals surface area contributed by atoms with Crippen LogP contribution >= 0.6 is 12.4 Å². The van der Waals surface area contributed by atoms with Crippen molar-refractivity contribution in [3.05, 3.63) is 46.8 Å². The summed E-state index contributed by atoms with van der Waals surface area (Å²) in [4.78, 5) is 14.4. The van der Waals surface area contributed by atoms with Crippen molar-refractivity contribution in [1.82, 2.24) is 15.4 Å². The molecule has 27 heavy (non-hydrogen) atoms. The summed E-state index contributed by atoms with van der Waals surface area (Å²) >= 11 is 0. The molecule has 1 saturated heterocycles. The van der Waals surface area contributed by atoms with Crippen LogP contribution in [-0.2, 0) is 17.8 Å². The van der Waals surface area contributed by atoms with Crippen LogP contribution in [0.15, 0.2) is 28.8 Å². The standard InChI is InChI=1S/C20H27N3O3.ClH/c1-14-19(15(2)26-22-14)13-25-18-6-4-16(5-7-18)12-20(24)23(3)17-8-10-21-11-9-17;/h4-7,17,21H,8-13H2,1-3H3;1H. The molecule has 2 aromatic rings. The zero-order chi connectivity index (χ0) is 18.5. The van der Waals surface area contributed by atoms with Gasteiger partial charge in [-0.2, -0.15) is 0 Å². The van der Waals surface area contributed by atoms with Gasteiger partial charge in [0.05, 0.1) is 17.7 Å². The molecular formula is C20H28ClN3O3. The van der Waals surface area contributed by atoms with Crippen LogP contribution in [0.3, 0.4) is 0 Å². The van der Waals surface area contributed by atoms with E-state index in [0.29, 0.717) is 19.1 Å². The van der Waals surface area contributed by atoms with Crippen LogP contribution < -0.4 is 10.1 Å². The second kappa shape index (κ2) is 9.76. The van der Waals surface area contributed by atoms with E-state index in [1.165, 1.54) is 0 Å². The van der Waals surface area contributed by atoms with Crippen LogP contribution in [0.1, 0.15) is 35.4 Å². The van der Waals surface area contributed by atoms with Gasteiger partial charge in [0.15, 0.2) is 0 Å². The molecule has 2 heterocycles. The van der Waals surface area contributed by atoms with Gasteiger partial charge in [-0.15, -0.1) is 12.4 Å². The van der Waals surface area contributed by atoms with E-state index >= 15 is 0 Å². The van der Waals surface area contributed by atoms with Crippen LogP contribution in [0.25, 0.3) is 0 Å². The van der Waals surface area contributed by atoms with Crippen LogP contribution in [0.2, 0.25) is 0 Å². The van der Waals surface area contributed by atoms with E-state index in [2.05, 4.69) is 10.5 Å². The number of nitrogens with zero attached hydrogens (tertiary/aromatic N) is 2. The molecule has 0 unspecified atom stereocenters. The molecule has 6 nitrogen and oxygen atoms in total. The highest BCUT2D eigenvalue weighted by Crippen LogP contribution is 2.19. The van der Waals surface area contributed by atoms with Gasteiger partial charge in [-0.1, -0.05) is 17.3 Å². The Morgan fingerprint density at radius 2 is 1.93 bits per heavy atom. The minimum absolute atomic E-state index is 0. The zero-order valence-electron chi connectivity index (χ0n) is 16.2. The van der Waals surface area contributed by atoms with E-state index in [9.17, 15) is 4.79 Å². The van der Waals surface area contributed by atoms with Crippen LogP contribution in [0, 0.1) is 13.8 Å². The first kappa shape index (κ1) is 21.3. The lowest BCUT2D eigenvalue weighted by molar-refractivity contribution is -0.131. The van der Waals surface area contributed by atoms with Crippen molar-refractivity contribution in [2.24, 2.45) is 0 Å². The van der Waals surface area contributed by atoms with E-state index in [1.54, 1.807) is 0 Å². The summed E-state index contributed by atoms with van der Waals surface area (Å²) in [5.41, 5.74) is 2.83. The molecule has 7 heteroatoms. The van der Waals surface area contributed by atoms with E-state index in [0.717, 1.165) is 54.3 Å². The Kier molecular flexibility index (Phi) is 7.68. The van der Waals surface area contributed by atoms with Crippen LogP contribution in [0.5, 0.6) is 5.75 Å². The van der Waals surface area contributed by atoms with Gasteiger partial charge in [0.2, 0.25) is 5.91 Å². The molecule has 148 valence electrons. The number of rotatable bonds is 6. The van der Waals surface area contributed by atoms with E-state index in [4.69, 9.17) is 9.26 Å². The Morgan fingerprint density at radius 3 is 2.52 bits per heavy atom. The van der Waals surface area contributed by atoms with Crippen LogP contribution in [0.4, 0.5) is 0 Å². The highest BCUT2D eigenvalue weighted by Gasteiger charge is 2.21. The fourth-order valence-electron chi connectivity index (χ4n) is 3.26. The normalized spacial score (nSPS) is 14.5. The maximum absolute atomic E-state index is 12.5. The first-order valence-corrected chi connectivity index (χ1v) is 9.14. The number of aromatic nitrogens is 1. The summed E-state index contributed by atoms with van der Waals surface area (Å²) < 4.78 is 11.0. The number of carbonyl (C=O) groups is 1. The highest BCUT2D eigenvalue weighted by molar-refractivity contribution is 5.85. The Balaban J connectivity index is 0.00000261. The molecule has 1 aromatic carbocycles. The monoisotopic (exact) mass is 393 g/mol. The van der Waals surface area contributed by atoms with Gasteiger partial charge in [0.1, 0.15) is 18.1 Å². The molecule has 0 aliphatic carbocycles. The number of aryl methyl sites for hydroxylation is 2. The lowest BCUT2D eigenvalue weighted by Crippen LogP contribution is -2.44. The zero-order valence-corrected chi connectivity index (χ0v) is 17.0. The molecule has 0 saturated carbocycles. The Hall–Kier alpha value is -2.05. The second-order valence-corrected chi connectivity index (χ2v) is 6.90. The third kappa shape index (κ3) is 5.47. The summed E-state index contributed by atoms with van der Waals surface area (Å²) in [5, 5.41) is 7.26. The van der Waals surface area contributed by atoms with E-state index < -0.39 is 0 Å². The van der Waals surface area contributed by atoms with Crippen molar-refractivity contribution in [2.45, 2.75) is 45.8 Å². The molecular weight excluding hydrogens is 366 g/mol. The van der Waals surface area contributed by atoms with Gasteiger partial charge in [-0.05, 0) is 57.5 Å². The number of halogens is 1. The fourth-order valence-corrected chi connectivity index (χ4v) is 3.26. The van der Waals surface area contributed by atoms with Gasteiger partial charge < -0.3 is 19.5 Å². The molecule has 1 aliphatic rings. The minimum Gasteiger partial charge on any atom is -0.489 e. The van der Waals surface area contributed by atoms with Gasteiger partial charge in [-0.25, -0.2) is 0 Å². The average molecular weight is 394 g/mol. The number of piperidine rings is 1. The van der Waals surface area contributed by atoms with Gasteiger partial charge in [-0.3, -0.25) is 4.79 Å². The molecule has 1 aromatic heterocycles. The maximum Gasteiger partial charge on any atom is 0.226 e. The maximum atomic E-state index is 12.5. The van der Waals surface area contributed by atoms with Gasteiger partial charge in [0, 0.05) is 13.1 Å². The molecule has 1 aliphatic heterocycles. The van der Waals surface area contributed by atoms with Crippen molar-refractivity contribution in [3.63, 3.8) is 0 Å². The summed E-state index contributed by atoms with van der Waals surface area (Å²) in [7, 11) is 1.92. The number of carbonyl (C=O) groups excluding carboxylic acids is 1. The summed E-state index contributed by atoms with van der Waals surface area (Å²) in [6, 6.07) is 8.08. The highest BCUT2D eigenvalue weighted by atomic mass is 35.5. The number of ether oxygens (including phenoxy) is 1. The lowest BCUT2D eigenvalue weighted by Gasteiger charge is -2.31. The quantitative estimate of drug-likeness (QED) is 0.816. The molecule has 0 atom stereocenters. The molecule has 1 amide bonds. The smallest absolute Gasteiger partial charge is 0.226 e. The number of likely N-dealkylation sites (N-methyl/N-ethyl adjacent to an activating group) is 1. The van der Waals surface area contributed by atoms with Crippen molar-refractivity contribution in [1.29, 1.82) is 0 Å². The first-order valence-electron chi connectivity index (χ1n) is 9.14. The fraction of sp³-hybridized carbons (Fsp3) is 0.500. The van der Waals surface area contributed by atoms with Crippen LogP contribution in [-0.4, -0.2) is 42.1 Å². The minimum atomic E-state index is 0. The summed E-state index contributed by atoms with van der Waals surface area (Å²) in [5.74, 6) is 1.72. The number of hydrogen-bond acceptors (Lipinski definition) is 5. The predicted molar refractivity (Wildman–Crippen MR) is 106 cm³/mol. The van der Waals surface area contributed by atoms with Gasteiger partial charge >= 0.3 is 0 Å². The summed E-state index contributed by atoms with van der Waals surface area (Å²) in [6.45, 7) is 6.19. The van der Waals surface area contributed by atoms with Crippen molar-refractivity contribution < 1.29 is 14.1 Å². The third-order valence-corrected chi connectivity index (χ3v) is 5.09. The number of benzene rings is 1. The number of nitrogens with one attached hydrogen (secondary N) is 1. The number of amides is 1. The number of hydrogen-bond donors (Lipinski definition) is 1. The Morgan fingerprint density at radius 1 is 1.26 bits per heavy atom. The van der Waals surface area contributed by atoms with Crippen molar-refractivity contribution >= 4 is 18.3 Å². The van der Waals surface area contributed by atoms with E-state index in [1.807, 2.05) is 50.1 Å². The molecule has 0 spiro atoms. The summed E-state index contributed by atoms with van der Waals surface area (Å²) in [6.07, 6.45) is 2.47. The SMILES string of the molecule is Cc1noc(C)c1COc1ccc(CC(=O)N(C)C2CCNCC2)cc1.Cl. The topological polar surface area (TPSA) is 67.6 Å². The first-order chi connectivity index (χ1) is 12.5. The Bertz CT molecular complexity index is 720. The van der Waals surface area contributed by atoms with Crippen molar-refractivity contribution in [2.75, 3.05) is 20.1 Å². The molecule has 1 fully saturated rings. The predicted octanol–water partition coefficient (Wildman–Crippen LogP) is 3.05. The largest absolute Gasteiger partial charge is 0.489 e. The third-order valence-electron chi connectivity index (χ3n) is 5.09. The molecule has 1 N–H and O–H groups in total. The van der Waals surface area contributed by atoms with Gasteiger partial charge in [0.25, 0.3) is 0 Å².